The molecule has 0 aliphatic heterocycles. The van der Waals surface area contributed by atoms with E-state index in [0.717, 1.165) is 24.6 Å². The highest BCUT2D eigenvalue weighted by atomic mass is 32.2. The molecule has 2 aromatic heterocycles. The molecule has 3 rings (SSSR count). The molecule has 14 heteroatoms. The summed E-state index contributed by atoms with van der Waals surface area (Å²) in [4.78, 5) is 11.7. The number of nitrogens with one attached hydrogen (secondary N) is 1. The minimum Gasteiger partial charge on any atom is -0.457 e. The first-order valence-corrected chi connectivity index (χ1v) is 13.0. The van der Waals surface area contributed by atoms with Gasteiger partial charge in [0.2, 0.25) is 21.9 Å². The van der Waals surface area contributed by atoms with Crippen LogP contribution in [0, 0.1) is 0 Å². The average Bonchev–Trinajstić information content (AvgIpc) is 2.70. The number of nitrogens with zero attached hydrogens (tertiary/aromatic N) is 3. The number of sulfone groups is 1. The molecule has 1 N–H and O–H groups in total. The van der Waals surface area contributed by atoms with Gasteiger partial charge in [-0.2, -0.15) is 13.2 Å². The molecule has 1 unspecified atom stereocenters. The quantitative estimate of drug-likeness (QED) is 0.495. The SMILES string of the molecule is CCCS(=O)(=O)Nc1nc2ccccc2nc1OC(c1ccc(S(C)(=O)=O)nc1)C(F)(F)F. The topological polar surface area (TPSA) is 128 Å². The van der Waals surface area contributed by atoms with Crippen LogP contribution in [-0.4, -0.2) is 50.0 Å². The molecular weight excluding hydrogens is 485 g/mol. The van der Waals surface area contributed by atoms with Gasteiger partial charge in [0.25, 0.3) is 5.88 Å². The van der Waals surface area contributed by atoms with Gasteiger partial charge in [-0.1, -0.05) is 25.1 Å². The molecule has 33 heavy (non-hydrogen) atoms. The summed E-state index contributed by atoms with van der Waals surface area (Å²) in [6, 6.07) is 8.01. The van der Waals surface area contributed by atoms with E-state index in [1.54, 1.807) is 19.1 Å². The minimum atomic E-state index is -4.97. The Morgan fingerprint density at radius 2 is 1.67 bits per heavy atom. The van der Waals surface area contributed by atoms with E-state index in [1.807, 2.05) is 0 Å². The number of alkyl halides is 3. The van der Waals surface area contributed by atoms with Crippen molar-refractivity contribution in [1.29, 1.82) is 0 Å². The number of hydrogen-bond acceptors (Lipinski definition) is 8. The lowest BCUT2D eigenvalue weighted by molar-refractivity contribution is -0.198. The maximum atomic E-state index is 13.9. The fourth-order valence-electron chi connectivity index (χ4n) is 2.80. The van der Waals surface area contributed by atoms with Crippen molar-refractivity contribution in [3.05, 3.63) is 48.2 Å². The van der Waals surface area contributed by atoms with Crippen molar-refractivity contribution in [2.24, 2.45) is 0 Å². The predicted molar refractivity (Wildman–Crippen MR) is 114 cm³/mol. The highest BCUT2D eigenvalue weighted by molar-refractivity contribution is 7.92. The monoisotopic (exact) mass is 504 g/mol. The Balaban J connectivity index is 2.09. The first kappa shape index (κ1) is 24.6. The van der Waals surface area contributed by atoms with Gasteiger partial charge in [-0.15, -0.1) is 0 Å². The third-order valence-corrected chi connectivity index (χ3v) is 6.68. The van der Waals surface area contributed by atoms with E-state index in [4.69, 9.17) is 4.74 Å². The molecule has 0 radical (unpaired) electrons. The molecule has 0 saturated heterocycles. The largest absolute Gasteiger partial charge is 0.457 e. The molecule has 0 spiro atoms. The zero-order valence-electron chi connectivity index (χ0n) is 17.4. The van der Waals surface area contributed by atoms with Crippen molar-refractivity contribution in [2.75, 3.05) is 16.7 Å². The van der Waals surface area contributed by atoms with Crippen LogP contribution in [-0.2, 0) is 19.9 Å². The number of halogens is 3. The molecule has 0 amide bonds. The van der Waals surface area contributed by atoms with Gasteiger partial charge in [0.15, 0.2) is 14.9 Å². The summed E-state index contributed by atoms with van der Waals surface area (Å²) in [5, 5.41) is -0.411. The molecule has 0 saturated carbocycles. The van der Waals surface area contributed by atoms with E-state index in [1.165, 1.54) is 12.1 Å². The lowest BCUT2D eigenvalue weighted by Crippen LogP contribution is -2.27. The van der Waals surface area contributed by atoms with Crippen LogP contribution in [0.2, 0.25) is 0 Å². The van der Waals surface area contributed by atoms with Crippen molar-refractivity contribution in [3.8, 4) is 5.88 Å². The van der Waals surface area contributed by atoms with Gasteiger partial charge < -0.3 is 4.74 Å². The maximum absolute atomic E-state index is 13.9. The van der Waals surface area contributed by atoms with Crippen LogP contribution in [0.25, 0.3) is 11.0 Å². The average molecular weight is 505 g/mol. The van der Waals surface area contributed by atoms with E-state index >= 15 is 0 Å². The maximum Gasteiger partial charge on any atom is 0.429 e. The van der Waals surface area contributed by atoms with E-state index in [2.05, 4.69) is 19.7 Å². The van der Waals surface area contributed by atoms with Crippen molar-refractivity contribution < 1.29 is 34.7 Å². The number of hydrogen-bond donors (Lipinski definition) is 1. The molecule has 0 aliphatic rings. The van der Waals surface area contributed by atoms with Crippen LogP contribution in [0.1, 0.15) is 25.0 Å². The van der Waals surface area contributed by atoms with Crippen LogP contribution in [0.4, 0.5) is 19.0 Å². The molecular formula is C19H19F3N4O5S2. The Labute approximate surface area is 188 Å². The molecule has 0 fully saturated rings. The van der Waals surface area contributed by atoms with Gasteiger partial charge in [-0.05, 0) is 24.6 Å². The van der Waals surface area contributed by atoms with Gasteiger partial charge in [-0.25, -0.2) is 31.8 Å². The van der Waals surface area contributed by atoms with Crippen LogP contribution < -0.4 is 9.46 Å². The summed E-state index contributed by atoms with van der Waals surface area (Å²) in [6.07, 6.45) is -5.74. The summed E-state index contributed by atoms with van der Waals surface area (Å²) in [6.45, 7) is 1.62. The normalized spacial score (nSPS) is 13.6. The number of aromatic nitrogens is 3. The Morgan fingerprint density at radius 3 is 2.18 bits per heavy atom. The smallest absolute Gasteiger partial charge is 0.429 e. The zero-order chi connectivity index (χ0) is 24.4. The summed E-state index contributed by atoms with van der Waals surface area (Å²) in [5.74, 6) is -1.49. The zero-order valence-corrected chi connectivity index (χ0v) is 19.0. The number of ether oxygens (including phenoxy) is 1. The number of anilines is 1. The van der Waals surface area contributed by atoms with Gasteiger partial charge in [0.1, 0.15) is 0 Å². The van der Waals surface area contributed by atoms with E-state index in [0.29, 0.717) is 0 Å². The molecule has 3 aromatic rings. The van der Waals surface area contributed by atoms with Gasteiger partial charge in [-0.3, -0.25) is 4.72 Å². The Bertz CT molecular complexity index is 1360. The van der Waals surface area contributed by atoms with Gasteiger partial charge in [0, 0.05) is 18.0 Å². The molecule has 1 atom stereocenters. The highest BCUT2D eigenvalue weighted by Gasteiger charge is 2.44. The second-order valence-electron chi connectivity index (χ2n) is 7.03. The van der Waals surface area contributed by atoms with E-state index in [9.17, 15) is 30.0 Å². The summed E-state index contributed by atoms with van der Waals surface area (Å²) in [7, 11) is -7.66. The number of rotatable bonds is 8. The Kier molecular flexibility index (Phi) is 6.79. The standard InChI is InChI=1S/C19H19F3N4O5S2/c1-3-10-33(29,30)26-17-18(25-14-7-5-4-6-13(14)24-17)31-16(19(20,21)22)12-8-9-15(23-11-12)32(2,27)28/h4-9,11,16H,3,10H2,1-2H3,(H,24,26). The molecule has 178 valence electrons. The molecule has 0 aliphatic carbocycles. The van der Waals surface area contributed by atoms with Crippen molar-refractivity contribution in [3.63, 3.8) is 0 Å². The summed E-state index contributed by atoms with van der Waals surface area (Å²) < 4.78 is 96.5. The van der Waals surface area contributed by atoms with Crippen molar-refractivity contribution in [2.45, 2.75) is 30.7 Å². The third kappa shape index (κ3) is 6.07. The first-order valence-electron chi connectivity index (χ1n) is 9.47. The van der Waals surface area contributed by atoms with Crippen LogP contribution in [0.3, 0.4) is 0 Å². The van der Waals surface area contributed by atoms with Crippen molar-refractivity contribution >= 4 is 36.7 Å². The number of pyridine rings is 1. The third-order valence-electron chi connectivity index (χ3n) is 4.23. The second-order valence-corrected chi connectivity index (χ2v) is 10.8. The molecule has 0 bridgehead atoms. The second kappa shape index (κ2) is 9.09. The first-order chi connectivity index (χ1) is 15.3. The van der Waals surface area contributed by atoms with Crippen LogP contribution in [0.15, 0.2) is 47.6 Å². The number of benzene rings is 1. The van der Waals surface area contributed by atoms with E-state index < -0.39 is 54.4 Å². The predicted octanol–water partition coefficient (Wildman–Crippen LogP) is 3.26. The van der Waals surface area contributed by atoms with Crippen LogP contribution in [0.5, 0.6) is 5.88 Å². The Hall–Kier alpha value is -3.00. The van der Waals surface area contributed by atoms with E-state index in [-0.39, 0.29) is 23.2 Å². The highest BCUT2D eigenvalue weighted by Crippen LogP contribution is 2.38. The fraction of sp³-hybridized carbons (Fsp3) is 0.316. The summed E-state index contributed by atoms with van der Waals surface area (Å²) >= 11 is 0. The summed E-state index contributed by atoms with van der Waals surface area (Å²) in [5.41, 5.74) is -0.0913. The molecule has 1 aromatic carbocycles. The number of fused-ring (bicyclic) bond motifs is 1. The Morgan fingerprint density at radius 1 is 1.03 bits per heavy atom. The van der Waals surface area contributed by atoms with Crippen molar-refractivity contribution in [1.82, 2.24) is 15.0 Å². The van der Waals surface area contributed by atoms with Gasteiger partial charge >= 0.3 is 6.18 Å². The number of sulfonamides is 1. The minimum absolute atomic E-state index is 0.178. The fourth-order valence-corrected chi connectivity index (χ4v) is 4.43. The molecule has 2 heterocycles. The van der Waals surface area contributed by atoms with Gasteiger partial charge in [0.05, 0.1) is 16.8 Å². The lowest BCUT2D eigenvalue weighted by Gasteiger charge is -2.22. The molecule has 9 nitrogen and oxygen atoms in total. The number of para-hydroxylation sites is 2. The lowest BCUT2D eigenvalue weighted by atomic mass is 10.1. The van der Waals surface area contributed by atoms with Crippen LogP contribution >= 0.6 is 0 Å².